The van der Waals surface area contributed by atoms with E-state index in [1.807, 2.05) is 25.4 Å². The highest BCUT2D eigenvalue weighted by molar-refractivity contribution is 9.10. The molecule has 0 saturated heterocycles. The molecular formula is C13H16BrN3O2. The molecule has 102 valence electrons. The number of hydrogen-bond donors (Lipinski definition) is 1. The van der Waals surface area contributed by atoms with Crippen molar-refractivity contribution in [3.05, 3.63) is 34.6 Å². The summed E-state index contributed by atoms with van der Waals surface area (Å²) in [6.45, 7) is 0.673. The number of rotatable bonds is 5. The van der Waals surface area contributed by atoms with Gasteiger partial charge in [-0.05, 0) is 17.7 Å². The zero-order chi connectivity index (χ0) is 13.8. The SMILES string of the molecule is COc1cc(Br)c(CNc2cnn(C)c2)cc1OC. The maximum Gasteiger partial charge on any atom is 0.161 e. The highest BCUT2D eigenvalue weighted by Crippen LogP contribution is 2.33. The van der Waals surface area contributed by atoms with Crippen LogP contribution in [0.1, 0.15) is 5.56 Å². The fourth-order valence-electron chi connectivity index (χ4n) is 1.74. The first-order valence-corrected chi connectivity index (χ1v) is 6.56. The zero-order valence-electron chi connectivity index (χ0n) is 11.1. The van der Waals surface area contributed by atoms with E-state index in [9.17, 15) is 0 Å². The molecule has 0 aliphatic rings. The Kier molecular flexibility index (Phi) is 4.31. The average molecular weight is 326 g/mol. The highest BCUT2D eigenvalue weighted by Gasteiger charge is 2.09. The summed E-state index contributed by atoms with van der Waals surface area (Å²) in [5.74, 6) is 1.42. The molecule has 19 heavy (non-hydrogen) atoms. The molecule has 0 unspecified atom stereocenters. The minimum absolute atomic E-state index is 0.673. The first-order chi connectivity index (χ1) is 9.13. The van der Waals surface area contributed by atoms with Crippen LogP contribution in [0.5, 0.6) is 11.5 Å². The summed E-state index contributed by atoms with van der Waals surface area (Å²) in [4.78, 5) is 0. The quantitative estimate of drug-likeness (QED) is 0.918. The van der Waals surface area contributed by atoms with E-state index >= 15 is 0 Å². The Morgan fingerprint density at radius 3 is 2.53 bits per heavy atom. The van der Waals surface area contributed by atoms with E-state index in [2.05, 4.69) is 26.3 Å². The van der Waals surface area contributed by atoms with Gasteiger partial charge in [0.2, 0.25) is 0 Å². The third-order valence-corrected chi connectivity index (χ3v) is 3.48. The van der Waals surface area contributed by atoms with E-state index in [1.165, 1.54) is 0 Å². The van der Waals surface area contributed by atoms with E-state index in [0.29, 0.717) is 18.0 Å². The maximum atomic E-state index is 5.30. The lowest BCUT2D eigenvalue weighted by Gasteiger charge is -2.12. The second kappa shape index (κ2) is 5.97. The Bertz CT molecular complexity index is 569. The maximum absolute atomic E-state index is 5.30. The van der Waals surface area contributed by atoms with E-state index in [4.69, 9.17) is 9.47 Å². The summed E-state index contributed by atoms with van der Waals surface area (Å²) in [5, 5.41) is 7.41. The Balaban J connectivity index is 2.15. The molecule has 0 fully saturated rings. The zero-order valence-corrected chi connectivity index (χ0v) is 12.7. The average Bonchev–Trinajstić information content (AvgIpc) is 2.82. The minimum Gasteiger partial charge on any atom is -0.493 e. The molecular weight excluding hydrogens is 310 g/mol. The highest BCUT2D eigenvalue weighted by atomic mass is 79.9. The molecule has 0 radical (unpaired) electrons. The molecule has 6 heteroatoms. The fourth-order valence-corrected chi connectivity index (χ4v) is 2.20. The van der Waals surface area contributed by atoms with E-state index < -0.39 is 0 Å². The summed E-state index contributed by atoms with van der Waals surface area (Å²) in [5.41, 5.74) is 2.06. The molecule has 0 atom stereocenters. The summed E-state index contributed by atoms with van der Waals surface area (Å²) in [6, 6.07) is 3.85. The van der Waals surface area contributed by atoms with Crippen molar-refractivity contribution in [3.63, 3.8) is 0 Å². The van der Waals surface area contributed by atoms with Crippen LogP contribution in [0, 0.1) is 0 Å². The minimum atomic E-state index is 0.673. The third kappa shape index (κ3) is 3.20. The van der Waals surface area contributed by atoms with Crippen molar-refractivity contribution in [2.24, 2.45) is 7.05 Å². The van der Waals surface area contributed by atoms with Crippen molar-refractivity contribution in [1.29, 1.82) is 0 Å². The van der Waals surface area contributed by atoms with Gasteiger partial charge in [-0.3, -0.25) is 4.68 Å². The number of benzene rings is 1. The van der Waals surface area contributed by atoms with Gasteiger partial charge in [-0.15, -0.1) is 0 Å². The number of aryl methyl sites for hydroxylation is 1. The first kappa shape index (κ1) is 13.7. The van der Waals surface area contributed by atoms with Crippen LogP contribution in [0.3, 0.4) is 0 Å². The van der Waals surface area contributed by atoms with Gasteiger partial charge in [-0.25, -0.2) is 0 Å². The molecule has 1 aromatic carbocycles. The molecule has 0 bridgehead atoms. The van der Waals surface area contributed by atoms with Gasteiger partial charge in [0.1, 0.15) is 0 Å². The molecule has 0 saturated carbocycles. The van der Waals surface area contributed by atoms with Gasteiger partial charge in [-0.2, -0.15) is 5.10 Å². The topological polar surface area (TPSA) is 48.3 Å². The van der Waals surface area contributed by atoms with Gasteiger partial charge < -0.3 is 14.8 Å². The number of nitrogens with one attached hydrogen (secondary N) is 1. The summed E-state index contributed by atoms with van der Waals surface area (Å²) >= 11 is 3.53. The van der Waals surface area contributed by atoms with Gasteiger partial charge in [0.25, 0.3) is 0 Å². The Labute approximate surface area is 120 Å². The molecule has 0 amide bonds. The molecule has 2 aromatic rings. The number of anilines is 1. The molecule has 0 spiro atoms. The van der Waals surface area contributed by atoms with Crippen molar-refractivity contribution in [2.45, 2.75) is 6.54 Å². The molecule has 2 rings (SSSR count). The fraction of sp³-hybridized carbons (Fsp3) is 0.308. The predicted octanol–water partition coefficient (Wildman–Crippen LogP) is 2.81. The number of aromatic nitrogens is 2. The number of hydrogen-bond acceptors (Lipinski definition) is 4. The van der Waals surface area contributed by atoms with Crippen molar-refractivity contribution >= 4 is 21.6 Å². The normalized spacial score (nSPS) is 10.3. The Morgan fingerprint density at radius 2 is 1.95 bits per heavy atom. The molecule has 1 N–H and O–H groups in total. The van der Waals surface area contributed by atoms with Crippen molar-refractivity contribution < 1.29 is 9.47 Å². The number of ether oxygens (including phenoxy) is 2. The van der Waals surface area contributed by atoms with Crippen molar-refractivity contribution in [1.82, 2.24) is 9.78 Å². The van der Waals surface area contributed by atoms with Gasteiger partial charge in [0.15, 0.2) is 11.5 Å². The molecule has 5 nitrogen and oxygen atoms in total. The predicted molar refractivity (Wildman–Crippen MR) is 77.8 cm³/mol. The molecule has 1 aromatic heterocycles. The van der Waals surface area contributed by atoms with Crippen LogP contribution in [-0.4, -0.2) is 24.0 Å². The molecule has 0 aliphatic carbocycles. The van der Waals surface area contributed by atoms with E-state index in [1.54, 1.807) is 25.1 Å². The summed E-state index contributed by atoms with van der Waals surface area (Å²) in [7, 11) is 5.14. The van der Waals surface area contributed by atoms with E-state index in [0.717, 1.165) is 15.7 Å². The van der Waals surface area contributed by atoms with Gasteiger partial charge >= 0.3 is 0 Å². The lowest BCUT2D eigenvalue weighted by atomic mass is 10.2. The summed E-state index contributed by atoms with van der Waals surface area (Å²) < 4.78 is 13.3. The number of methoxy groups -OCH3 is 2. The van der Waals surface area contributed by atoms with Crippen LogP contribution in [0.2, 0.25) is 0 Å². The van der Waals surface area contributed by atoms with Crippen LogP contribution in [0.25, 0.3) is 0 Å². The first-order valence-electron chi connectivity index (χ1n) is 5.77. The van der Waals surface area contributed by atoms with Crippen LogP contribution >= 0.6 is 15.9 Å². The standard InChI is InChI=1S/C13H16BrN3O2/c1-17-8-10(7-16-17)15-6-9-4-12(18-2)13(19-3)5-11(9)14/h4-5,7-8,15H,6H2,1-3H3. The van der Waals surface area contributed by atoms with E-state index in [-0.39, 0.29) is 0 Å². The second-order valence-corrected chi connectivity index (χ2v) is 4.91. The van der Waals surface area contributed by atoms with Crippen LogP contribution in [0.4, 0.5) is 5.69 Å². The number of halogens is 1. The lowest BCUT2D eigenvalue weighted by molar-refractivity contribution is 0.354. The second-order valence-electron chi connectivity index (χ2n) is 4.05. The summed E-state index contributed by atoms with van der Waals surface area (Å²) in [6.07, 6.45) is 3.71. The Hall–Kier alpha value is -1.69. The van der Waals surface area contributed by atoms with Gasteiger partial charge in [0.05, 0.1) is 26.1 Å². The van der Waals surface area contributed by atoms with Crippen LogP contribution in [0.15, 0.2) is 29.0 Å². The third-order valence-electron chi connectivity index (χ3n) is 2.74. The van der Waals surface area contributed by atoms with Gasteiger partial charge in [-0.1, -0.05) is 15.9 Å². The lowest BCUT2D eigenvalue weighted by Crippen LogP contribution is -2.01. The van der Waals surface area contributed by atoms with Crippen LogP contribution in [-0.2, 0) is 13.6 Å². The molecule has 1 heterocycles. The molecule has 0 aliphatic heterocycles. The Morgan fingerprint density at radius 1 is 1.26 bits per heavy atom. The van der Waals surface area contributed by atoms with Crippen molar-refractivity contribution in [3.8, 4) is 11.5 Å². The smallest absolute Gasteiger partial charge is 0.161 e. The van der Waals surface area contributed by atoms with Crippen molar-refractivity contribution in [2.75, 3.05) is 19.5 Å². The monoisotopic (exact) mass is 325 g/mol. The number of nitrogens with zero attached hydrogens (tertiary/aromatic N) is 2. The largest absolute Gasteiger partial charge is 0.493 e. The van der Waals surface area contributed by atoms with Gasteiger partial charge in [0, 0.05) is 24.3 Å². The van der Waals surface area contributed by atoms with Crippen LogP contribution < -0.4 is 14.8 Å².